The molecule has 0 aliphatic heterocycles. The second-order valence-corrected chi connectivity index (χ2v) is 12.6. The molecule has 214 valence electrons. The van der Waals surface area contributed by atoms with E-state index >= 15 is 0 Å². The van der Waals surface area contributed by atoms with Crippen LogP contribution in [-0.4, -0.2) is 36.5 Å². The van der Waals surface area contributed by atoms with Gasteiger partial charge in [-0.1, -0.05) is 43.1 Å². The van der Waals surface area contributed by atoms with Crippen LogP contribution in [0.4, 0.5) is 0 Å². The van der Waals surface area contributed by atoms with Gasteiger partial charge in [-0.25, -0.2) is 13.4 Å². The third-order valence-electron chi connectivity index (χ3n) is 6.20. The third kappa shape index (κ3) is 7.04. The molecule has 0 saturated carbocycles. The number of hydrogen-bond donors (Lipinski definition) is 1. The number of sulfone groups is 1. The van der Waals surface area contributed by atoms with Crippen LogP contribution in [0.15, 0.2) is 70.5 Å². The lowest BCUT2D eigenvalue weighted by Gasteiger charge is -2.16. The quantitative estimate of drug-likeness (QED) is 0.208. The number of H-pyrrole nitrogens is 1. The number of aromatic amines is 1. The number of aryl methyl sites for hydroxylation is 3. The first-order valence-corrected chi connectivity index (χ1v) is 15.0. The van der Waals surface area contributed by atoms with Gasteiger partial charge in [0.25, 0.3) is 5.56 Å². The first-order chi connectivity index (χ1) is 19.4. The van der Waals surface area contributed by atoms with Crippen LogP contribution < -0.4 is 15.0 Å². The summed E-state index contributed by atoms with van der Waals surface area (Å²) in [5.41, 5.74) is 2.78. The van der Waals surface area contributed by atoms with E-state index in [0.717, 1.165) is 22.8 Å². The van der Waals surface area contributed by atoms with Crippen molar-refractivity contribution in [2.45, 2.75) is 39.5 Å². The maximum atomic E-state index is 13.4. The highest BCUT2D eigenvalue weighted by atomic mass is 35.5. The zero-order valence-corrected chi connectivity index (χ0v) is 25.0. The number of nitrogens with one attached hydrogen (secondary N) is 1. The number of halogens is 1. The second-order valence-electron chi connectivity index (χ2n) is 10.3. The molecular formula is C31H31ClN2O6S. The number of hydrogen-bond acceptors (Lipinski definition) is 7. The molecule has 0 amide bonds. The molecule has 0 bridgehead atoms. The summed E-state index contributed by atoms with van der Waals surface area (Å²) >= 11 is 6.53. The topological polar surface area (TPSA) is 115 Å². The minimum atomic E-state index is -4.25. The maximum absolute atomic E-state index is 13.4. The van der Waals surface area contributed by atoms with E-state index < -0.39 is 31.8 Å². The Morgan fingerprint density at radius 2 is 1.73 bits per heavy atom. The van der Waals surface area contributed by atoms with Gasteiger partial charge in [-0.05, 0) is 80.3 Å². The Labute approximate surface area is 244 Å². The summed E-state index contributed by atoms with van der Waals surface area (Å²) in [6.45, 7) is 10.3. The zero-order valence-electron chi connectivity index (χ0n) is 23.4. The molecule has 1 N–H and O–H groups in total. The normalized spacial score (nSPS) is 11.5. The Morgan fingerprint density at radius 3 is 2.39 bits per heavy atom. The van der Waals surface area contributed by atoms with E-state index in [0.29, 0.717) is 40.3 Å². The van der Waals surface area contributed by atoms with E-state index in [4.69, 9.17) is 21.1 Å². The van der Waals surface area contributed by atoms with Gasteiger partial charge < -0.3 is 14.5 Å². The molecule has 2 aromatic heterocycles. The van der Waals surface area contributed by atoms with Crippen LogP contribution >= 0.6 is 11.6 Å². The lowest BCUT2D eigenvalue weighted by Crippen LogP contribution is -2.23. The van der Waals surface area contributed by atoms with Gasteiger partial charge in [0.15, 0.2) is 15.6 Å². The molecule has 2 heterocycles. The van der Waals surface area contributed by atoms with Gasteiger partial charge in [0.2, 0.25) is 5.88 Å². The standard InChI is InChI=1S/C31H31ClN2O6S/c1-18(2)16-39-22-8-10-25(32)24(15-22)26-11-9-23(27(35)17-41(37,38)28-7-6-12-33-30(28)36)31(34-26)40-29-20(4)13-19(3)14-21(29)5/h6-15,18H,16-17H2,1-5H3,(H,33,36). The van der Waals surface area contributed by atoms with Gasteiger partial charge in [-0.3, -0.25) is 9.59 Å². The molecule has 8 nitrogen and oxygen atoms in total. The number of benzene rings is 2. The fourth-order valence-corrected chi connectivity index (χ4v) is 5.84. The first-order valence-electron chi connectivity index (χ1n) is 13.0. The summed E-state index contributed by atoms with van der Waals surface area (Å²) in [6.07, 6.45) is 1.32. The number of carbonyl (C=O) groups excluding carboxylic acids is 1. The summed E-state index contributed by atoms with van der Waals surface area (Å²) in [6, 6.07) is 14.7. The average Bonchev–Trinajstić information content (AvgIpc) is 2.90. The maximum Gasteiger partial charge on any atom is 0.266 e. The van der Waals surface area contributed by atoms with E-state index in [1.54, 1.807) is 24.3 Å². The first kappa shape index (κ1) is 30.0. The number of rotatable bonds is 10. The van der Waals surface area contributed by atoms with E-state index in [-0.39, 0.29) is 11.4 Å². The van der Waals surface area contributed by atoms with Crippen molar-refractivity contribution in [1.82, 2.24) is 9.97 Å². The molecule has 0 saturated heterocycles. The Balaban J connectivity index is 1.80. The van der Waals surface area contributed by atoms with Crippen molar-refractivity contribution in [3.8, 4) is 28.6 Å². The Hall–Kier alpha value is -3.95. The summed E-state index contributed by atoms with van der Waals surface area (Å²) in [5.74, 6) is -0.373. The highest BCUT2D eigenvalue weighted by Gasteiger charge is 2.27. The molecule has 41 heavy (non-hydrogen) atoms. The Bertz CT molecular complexity index is 1760. The minimum Gasteiger partial charge on any atom is -0.493 e. The minimum absolute atomic E-state index is 0.0487. The lowest BCUT2D eigenvalue weighted by molar-refractivity contribution is 0.101. The fraction of sp³-hybridized carbons (Fsp3) is 0.258. The summed E-state index contributed by atoms with van der Waals surface area (Å²) in [4.78, 5) is 32.0. The summed E-state index contributed by atoms with van der Waals surface area (Å²) < 4.78 is 38.1. The SMILES string of the molecule is Cc1cc(C)c(Oc2nc(-c3cc(OCC(C)C)ccc3Cl)ccc2C(=O)CS(=O)(=O)c2ccc[nH]c2=O)c(C)c1. The molecule has 10 heteroatoms. The molecule has 0 spiro atoms. The van der Waals surface area contributed by atoms with Crippen molar-refractivity contribution in [1.29, 1.82) is 0 Å². The van der Waals surface area contributed by atoms with E-state index in [1.807, 2.05) is 46.8 Å². The van der Waals surface area contributed by atoms with Crippen molar-refractivity contribution < 1.29 is 22.7 Å². The van der Waals surface area contributed by atoms with Gasteiger partial charge in [0.05, 0.1) is 22.9 Å². The number of Topliss-reactive ketones (excluding diaryl/α,β-unsaturated/α-hetero) is 1. The molecule has 0 aliphatic carbocycles. The number of ether oxygens (including phenoxy) is 2. The lowest BCUT2D eigenvalue weighted by atomic mass is 10.1. The smallest absolute Gasteiger partial charge is 0.266 e. The average molecular weight is 595 g/mol. The molecule has 0 unspecified atom stereocenters. The van der Waals surface area contributed by atoms with Crippen molar-refractivity contribution in [2.24, 2.45) is 5.92 Å². The number of nitrogens with zero attached hydrogens (tertiary/aromatic N) is 1. The van der Waals surface area contributed by atoms with Crippen LogP contribution in [0.5, 0.6) is 17.4 Å². The predicted molar refractivity (Wildman–Crippen MR) is 159 cm³/mol. The molecule has 4 aromatic rings. The van der Waals surface area contributed by atoms with Crippen molar-refractivity contribution in [2.75, 3.05) is 12.4 Å². The van der Waals surface area contributed by atoms with Gasteiger partial charge in [0, 0.05) is 11.8 Å². The number of pyridine rings is 2. The predicted octanol–water partition coefficient (Wildman–Crippen LogP) is 6.50. The van der Waals surface area contributed by atoms with Crippen LogP contribution in [0.2, 0.25) is 5.02 Å². The Morgan fingerprint density at radius 1 is 1.02 bits per heavy atom. The summed E-state index contributed by atoms with van der Waals surface area (Å²) in [7, 11) is -4.25. The molecule has 0 fully saturated rings. The van der Waals surface area contributed by atoms with Gasteiger partial charge in [-0.2, -0.15) is 0 Å². The van der Waals surface area contributed by atoms with E-state index in [9.17, 15) is 18.0 Å². The molecule has 4 rings (SSSR count). The summed E-state index contributed by atoms with van der Waals surface area (Å²) in [5, 5.41) is 0.410. The largest absolute Gasteiger partial charge is 0.493 e. The van der Waals surface area contributed by atoms with Crippen molar-refractivity contribution >= 4 is 27.2 Å². The number of ketones is 1. The van der Waals surface area contributed by atoms with Crippen molar-refractivity contribution in [3.63, 3.8) is 0 Å². The number of aromatic nitrogens is 2. The highest BCUT2D eigenvalue weighted by molar-refractivity contribution is 7.92. The molecule has 2 aromatic carbocycles. The van der Waals surface area contributed by atoms with Gasteiger partial charge >= 0.3 is 0 Å². The van der Waals surface area contributed by atoms with Gasteiger partial charge in [0.1, 0.15) is 22.1 Å². The zero-order chi connectivity index (χ0) is 29.9. The second kappa shape index (κ2) is 12.3. The Kier molecular flexibility index (Phi) is 8.99. The molecule has 0 radical (unpaired) electrons. The van der Waals surface area contributed by atoms with Gasteiger partial charge in [-0.15, -0.1) is 0 Å². The van der Waals surface area contributed by atoms with E-state index in [1.165, 1.54) is 18.3 Å². The van der Waals surface area contributed by atoms with Crippen LogP contribution in [0.25, 0.3) is 11.3 Å². The molecule has 0 aliphatic rings. The molecular weight excluding hydrogens is 564 g/mol. The highest BCUT2D eigenvalue weighted by Crippen LogP contribution is 2.36. The molecule has 0 atom stereocenters. The van der Waals surface area contributed by atoms with Crippen LogP contribution in [0, 0.1) is 26.7 Å². The van der Waals surface area contributed by atoms with Crippen LogP contribution in [0.1, 0.15) is 40.9 Å². The fourth-order valence-electron chi connectivity index (χ4n) is 4.34. The van der Waals surface area contributed by atoms with Crippen molar-refractivity contribution in [3.05, 3.63) is 98.4 Å². The van der Waals surface area contributed by atoms with Crippen LogP contribution in [-0.2, 0) is 9.84 Å². The third-order valence-corrected chi connectivity index (χ3v) is 8.16. The van der Waals surface area contributed by atoms with E-state index in [2.05, 4.69) is 9.97 Å². The number of carbonyl (C=O) groups is 1. The monoisotopic (exact) mass is 594 g/mol. The van der Waals surface area contributed by atoms with Crippen LogP contribution in [0.3, 0.4) is 0 Å².